The molecule has 1 aromatic rings. The zero-order chi connectivity index (χ0) is 12.1. The Morgan fingerprint density at radius 2 is 2.38 bits per heavy atom. The highest BCUT2D eigenvalue weighted by atomic mass is 16.2. The molecule has 0 saturated heterocycles. The molecule has 2 atom stereocenters. The molecule has 5 heteroatoms. The van der Waals surface area contributed by atoms with Crippen molar-refractivity contribution >= 4 is 5.91 Å². The van der Waals surface area contributed by atoms with Gasteiger partial charge >= 0.3 is 0 Å². The monoisotopic (exact) mass is 224 g/mol. The van der Waals surface area contributed by atoms with Crippen LogP contribution in [0.5, 0.6) is 0 Å². The van der Waals surface area contributed by atoms with Gasteiger partial charge in [-0.2, -0.15) is 0 Å². The number of amides is 1. The summed E-state index contributed by atoms with van der Waals surface area (Å²) in [5.74, 6) is 0.935. The molecule has 5 nitrogen and oxygen atoms in total. The summed E-state index contributed by atoms with van der Waals surface area (Å²) in [6.07, 6.45) is 4.31. The SMILES string of the molecule is CC[C@H](C)[C@H](N)C(=O)N(C)Cc1ncc[nH]1. The Hall–Kier alpha value is -1.36. The second-order valence-corrected chi connectivity index (χ2v) is 4.14. The van der Waals surface area contributed by atoms with Gasteiger partial charge in [0, 0.05) is 19.4 Å². The predicted molar refractivity (Wildman–Crippen MR) is 62.5 cm³/mol. The lowest BCUT2D eigenvalue weighted by atomic mass is 9.99. The number of carbonyl (C=O) groups is 1. The van der Waals surface area contributed by atoms with Crippen molar-refractivity contribution in [1.82, 2.24) is 14.9 Å². The minimum absolute atomic E-state index is 0.0363. The van der Waals surface area contributed by atoms with Crippen molar-refractivity contribution in [2.75, 3.05) is 7.05 Å². The zero-order valence-electron chi connectivity index (χ0n) is 10.1. The van der Waals surface area contributed by atoms with E-state index in [-0.39, 0.29) is 11.8 Å². The maximum absolute atomic E-state index is 11.9. The summed E-state index contributed by atoms with van der Waals surface area (Å²) in [6.45, 7) is 4.49. The first kappa shape index (κ1) is 12.7. The smallest absolute Gasteiger partial charge is 0.239 e. The molecule has 0 radical (unpaired) electrons. The second kappa shape index (κ2) is 5.65. The van der Waals surface area contributed by atoms with E-state index in [0.717, 1.165) is 12.2 Å². The number of aromatic nitrogens is 2. The van der Waals surface area contributed by atoms with Gasteiger partial charge in [-0.3, -0.25) is 4.79 Å². The average molecular weight is 224 g/mol. The molecule has 90 valence electrons. The van der Waals surface area contributed by atoms with Crippen LogP contribution in [-0.4, -0.2) is 33.9 Å². The van der Waals surface area contributed by atoms with Crippen LogP contribution in [0.3, 0.4) is 0 Å². The molecule has 3 N–H and O–H groups in total. The maximum Gasteiger partial charge on any atom is 0.239 e. The van der Waals surface area contributed by atoms with Crippen LogP contribution in [0.1, 0.15) is 26.1 Å². The van der Waals surface area contributed by atoms with Crippen LogP contribution in [0.4, 0.5) is 0 Å². The van der Waals surface area contributed by atoms with Gasteiger partial charge in [-0.15, -0.1) is 0 Å². The average Bonchev–Trinajstić information content (AvgIpc) is 2.78. The van der Waals surface area contributed by atoms with Crippen LogP contribution in [-0.2, 0) is 11.3 Å². The van der Waals surface area contributed by atoms with E-state index >= 15 is 0 Å². The minimum Gasteiger partial charge on any atom is -0.347 e. The van der Waals surface area contributed by atoms with Crippen LogP contribution in [0.15, 0.2) is 12.4 Å². The molecule has 0 saturated carbocycles. The van der Waals surface area contributed by atoms with Gasteiger partial charge in [0.15, 0.2) is 0 Å². The number of hydrogen-bond acceptors (Lipinski definition) is 3. The Morgan fingerprint density at radius 1 is 1.69 bits per heavy atom. The van der Waals surface area contributed by atoms with E-state index < -0.39 is 6.04 Å². The van der Waals surface area contributed by atoms with Crippen LogP contribution in [0.25, 0.3) is 0 Å². The number of carbonyl (C=O) groups excluding carboxylic acids is 1. The predicted octanol–water partition coefficient (Wildman–Crippen LogP) is 0.741. The highest BCUT2D eigenvalue weighted by Crippen LogP contribution is 2.08. The van der Waals surface area contributed by atoms with Crippen molar-refractivity contribution in [3.63, 3.8) is 0 Å². The van der Waals surface area contributed by atoms with Gasteiger partial charge < -0.3 is 15.6 Å². The fourth-order valence-corrected chi connectivity index (χ4v) is 1.44. The summed E-state index contributed by atoms with van der Waals surface area (Å²) in [5.41, 5.74) is 5.88. The fourth-order valence-electron chi connectivity index (χ4n) is 1.44. The first-order chi connectivity index (χ1) is 7.56. The molecule has 1 amide bonds. The molecule has 0 aromatic carbocycles. The van der Waals surface area contributed by atoms with Crippen LogP contribution < -0.4 is 5.73 Å². The fraction of sp³-hybridized carbons (Fsp3) is 0.636. The highest BCUT2D eigenvalue weighted by molar-refractivity contribution is 5.81. The highest BCUT2D eigenvalue weighted by Gasteiger charge is 2.22. The lowest BCUT2D eigenvalue weighted by Gasteiger charge is -2.23. The number of likely N-dealkylation sites (N-methyl/N-ethyl adjacent to an activating group) is 1. The Morgan fingerprint density at radius 3 is 2.88 bits per heavy atom. The van der Waals surface area contributed by atoms with Crippen LogP contribution >= 0.6 is 0 Å². The normalized spacial score (nSPS) is 14.5. The number of nitrogens with one attached hydrogen (secondary N) is 1. The van der Waals surface area contributed by atoms with E-state index in [4.69, 9.17) is 5.73 Å². The molecule has 0 aliphatic heterocycles. The van der Waals surface area contributed by atoms with Crippen molar-refractivity contribution in [3.8, 4) is 0 Å². The van der Waals surface area contributed by atoms with Gasteiger partial charge in [0.05, 0.1) is 12.6 Å². The van der Waals surface area contributed by atoms with Gasteiger partial charge in [0.25, 0.3) is 0 Å². The first-order valence-corrected chi connectivity index (χ1v) is 5.55. The second-order valence-electron chi connectivity index (χ2n) is 4.14. The van der Waals surface area contributed by atoms with Gasteiger partial charge in [-0.1, -0.05) is 20.3 Å². The third-order valence-corrected chi connectivity index (χ3v) is 2.86. The summed E-state index contributed by atoms with van der Waals surface area (Å²) in [6, 6.07) is -0.426. The lowest BCUT2D eigenvalue weighted by molar-refractivity contribution is -0.133. The molecule has 1 heterocycles. The number of aromatic amines is 1. The van der Waals surface area contributed by atoms with Gasteiger partial charge in [0.1, 0.15) is 5.82 Å². The summed E-state index contributed by atoms with van der Waals surface area (Å²) < 4.78 is 0. The third kappa shape index (κ3) is 3.06. The standard InChI is InChI=1S/C11H20N4O/c1-4-8(2)10(12)11(16)15(3)7-9-13-5-6-14-9/h5-6,8,10H,4,7,12H2,1-3H3,(H,13,14)/t8-,10-/m0/s1. The van der Waals surface area contributed by atoms with Gasteiger partial charge in [-0.05, 0) is 5.92 Å². The van der Waals surface area contributed by atoms with Crippen molar-refractivity contribution in [2.24, 2.45) is 11.7 Å². The third-order valence-electron chi connectivity index (χ3n) is 2.86. The van der Waals surface area contributed by atoms with Gasteiger partial charge in [-0.25, -0.2) is 4.98 Å². The minimum atomic E-state index is -0.426. The first-order valence-electron chi connectivity index (χ1n) is 5.55. The molecule has 0 bridgehead atoms. The van der Waals surface area contributed by atoms with E-state index in [9.17, 15) is 4.79 Å². The molecule has 0 spiro atoms. The van der Waals surface area contributed by atoms with E-state index in [1.807, 2.05) is 13.8 Å². The molecule has 0 aliphatic carbocycles. The maximum atomic E-state index is 11.9. The Bertz CT molecular complexity index is 323. The molecule has 0 fully saturated rings. The Labute approximate surface area is 96.0 Å². The topological polar surface area (TPSA) is 75.0 Å². The van der Waals surface area contributed by atoms with Crippen LogP contribution in [0.2, 0.25) is 0 Å². The van der Waals surface area contributed by atoms with Crippen molar-refractivity contribution in [3.05, 3.63) is 18.2 Å². The van der Waals surface area contributed by atoms with Crippen molar-refractivity contribution in [2.45, 2.75) is 32.9 Å². The van der Waals surface area contributed by atoms with Crippen molar-refractivity contribution in [1.29, 1.82) is 0 Å². The largest absolute Gasteiger partial charge is 0.347 e. The molecular formula is C11H20N4O. The van der Waals surface area contributed by atoms with E-state index in [2.05, 4.69) is 9.97 Å². The van der Waals surface area contributed by atoms with E-state index in [0.29, 0.717) is 6.54 Å². The summed E-state index contributed by atoms with van der Waals surface area (Å²) in [7, 11) is 1.74. The summed E-state index contributed by atoms with van der Waals surface area (Å²) in [5, 5.41) is 0. The van der Waals surface area contributed by atoms with Crippen LogP contribution in [0, 0.1) is 5.92 Å². The molecule has 16 heavy (non-hydrogen) atoms. The number of rotatable bonds is 5. The molecule has 0 unspecified atom stereocenters. The number of H-pyrrole nitrogens is 1. The summed E-state index contributed by atoms with van der Waals surface area (Å²) >= 11 is 0. The Balaban J connectivity index is 2.53. The number of nitrogens with two attached hydrogens (primary N) is 1. The molecular weight excluding hydrogens is 204 g/mol. The molecule has 0 aliphatic rings. The quantitative estimate of drug-likeness (QED) is 0.774. The molecule has 1 aromatic heterocycles. The van der Waals surface area contributed by atoms with E-state index in [1.54, 1.807) is 24.3 Å². The molecule has 1 rings (SSSR count). The lowest BCUT2D eigenvalue weighted by Crippen LogP contribution is -2.45. The summed E-state index contributed by atoms with van der Waals surface area (Å²) in [4.78, 5) is 20.6. The number of hydrogen-bond donors (Lipinski definition) is 2. The van der Waals surface area contributed by atoms with Gasteiger partial charge in [0.2, 0.25) is 5.91 Å². The number of imidazole rings is 1. The Kier molecular flexibility index (Phi) is 4.49. The zero-order valence-corrected chi connectivity index (χ0v) is 10.1. The van der Waals surface area contributed by atoms with E-state index in [1.165, 1.54) is 0 Å². The number of nitrogens with zero attached hydrogens (tertiary/aromatic N) is 2. The van der Waals surface area contributed by atoms with Crippen molar-refractivity contribution < 1.29 is 4.79 Å².